The molecule has 0 saturated heterocycles. The largest absolute Gasteiger partial charge is 0.299 e. The molecule has 1 aromatic carbocycles. The molecule has 2 heterocycles. The van der Waals surface area contributed by atoms with Gasteiger partial charge in [0.15, 0.2) is 16.8 Å². The van der Waals surface area contributed by atoms with Gasteiger partial charge in [0, 0.05) is 29.6 Å². The Labute approximate surface area is 187 Å². The molecule has 31 heavy (non-hydrogen) atoms. The summed E-state index contributed by atoms with van der Waals surface area (Å²) in [4.78, 5) is 17.2. The lowest BCUT2D eigenvalue weighted by Crippen LogP contribution is -2.22. The molecule has 5 nitrogen and oxygen atoms in total. The zero-order valence-corrected chi connectivity index (χ0v) is 18.8. The Kier molecular flexibility index (Phi) is 5.90. The van der Waals surface area contributed by atoms with Crippen LogP contribution in [0.4, 0.5) is 0 Å². The van der Waals surface area contributed by atoms with Crippen molar-refractivity contribution in [3.63, 3.8) is 0 Å². The molecule has 0 aliphatic heterocycles. The summed E-state index contributed by atoms with van der Waals surface area (Å²) in [6.45, 7) is 2.32. The molecule has 0 unspecified atom stereocenters. The normalized spacial score (nSPS) is 20.5. The van der Waals surface area contributed by atoms with Crippen molar-refractivity contribution in [3.05, 3.63) is 59.4 Å². The highest BCUT2D eigenvalue weighted by Crippen LogP contribution is 2.39. The predicted octanol–water partition coefficient (Wildman–Crippen LogP) is 5.56. The maximum atomic E-state index is 13.0. The minimum absolute atomic E-state index is 0.161. The fraction of sp³-hybridized carbons (Fsp3) is 0.440. The molecule has 0 amide bonds. The molecule has 6 heteroatoms. The van der Waals surface area contributed by atoms with Crippen molar-refractivity contribution in [2.45, 2.75) is 63.1 Å². The summed E-state index contributed by atoms with van der Waals surface area (Å²) in [6, 6.07) is 10.5. The molecule has 0 spiro atoms. The van der Waals surface area contributed by atoms with Crippen LogP contribution in [0.2, 0.25) is 0 Å². The van der Waals surface area contributed by atoms with Crippen LogP contribution in [0.5, 0.6) is 0 Å². The molecular formula is C25H28N4OS. The Bertz CT molecular complexity index is 1080. The van der Waals surface area contributed by atoms with Crippen LogP contribution in [0, 0.1) is 5.92 Å². The van der Waals surface area contributed by atoms with Crippen LogP contribution in [0.15, 0.2) is 47.9 Å². The van der Waals surface area contributed by atoms with E-state index in [4.69, 9.17) is 0 Å². The number of Topliss-reactive ketones (excluding diaryl/α,β-unsaturated/α-hetero) is 1. The van der Waals surface area contributed by atoms with E-state index in [0.717, 1.165) is 41.4 Å². The number of fused-ring (bicyclic) bond motifs is 1. The van der Waals surface area contributed by atoms with Gasteiger partial charge >= 0.3 is 0 Å². The van der Waals surface area contributed by atoms with Crippen molar-refractivity contribution in [2.75, 3.05) is 5.75 Å². The molecule has 0 N–H and O–H groups in total. The SMILES string of the molecule is C[C@@H]1CCCC[C@@H]1n1c(SCC(=O)c2ccc3c(c2)CCC3)nnc1-c1cccnc1. The van der Waals surface area contributed by atoms with Crippen LogP contribution in [-0.4, -0.2) is 31.3 Å². The van der Waals surface area contributed by atoms with Gasteiger partial charge in [0.25, 0.3) is 0 Å². The summed E-state index contributed by atoms with van der Waals surface area (Å²) in [5.41, 5.74) is 4.53. The molecule has 160 valence electrons. The van der Waals surface area contributed by atoms with Crippen LogP contribution in [-0.2, 0) is 12.8 Å². The average molecular weight is 433 g/mol. The van der Waals surface area contributed by atoms with Gasteiger partial charge in [0.2, 0.25) is 0 Å². The first kappa shape index (κ1) is 20.4. The maximum Gasteiger partial charge on any atom is 0.192 e. The lowest BCUT2D eigenvalue weighted by atomic mass is 9.85. The third-order valence-corrected chi connectivity index (χ3v) is 7.68. The predicted molar refractivity (Wildman–Crippen MR) is 123 cm³/mol. The van der Waals surface area contributed by atoms with Gasteiger partial charge < -0.3 is 0 Å². The minimum Gasteiger partial charge on any atom is -0.299 e. The molecule has 0 bridgehead atoms. The highest BCUT2D eigenvalue weighted by molar-refractivity contribution is 7.99. The summed E-state index contributed by atoms with van der Waals surface area (Å²) in [6.07, 6.45) is 11.9. The standard InChI is InChI=1S/C25H28N4OS/c1-17-6-2-3-10-22(17)29-24(21-9-5-13-26-15-21)27-28-25(29)31-16-23(30)20-12-11-18-7-4-8-19(18)14-20/h5,9,11-15,17,22H,2-4,6-8,10,16H2,1H3/t17-,22+/m1/s1. The van der Waals surface area contributed by atoms with E-state index >= 15 is 0 Å². The van der Waals surface area contributed by atoms with E-state index in [1.54, 1.807) is 6.20 Å². The van der Waals surface area contributed by atoms with Gasteiger partial charge in [-0.1, -0.05) is 43.7 Å². The van der Waals surface area contributed by atoms with Crippen LogP contribution >= 0.6 is 11.8 Å². The smallest absolute Gasteiger partial charge is 0.192 e. The lowest BCUT2D eigenvalue weighted by Gasteiger charge is -2.31. The highest BCUT2D eigenvalue weighted by Gasteiger charge is 2.29. The van der Waals surface area contributed by atoms with Crippen molar-refractivity contribution < 1.29 is 4.79 Å². The number of benzene rings is 1. The van der Waals surface area contributed by atoms with Crippen molar-refractivity contribution in [2.24, 2.45) is 5.92 Å². The number of hydrogen-bond acceptors (Lipinski definition) is 5. The molecule has 1 saturated carbocycles. The quantitative estimate of drug-likeness (QED) is 0.377. The molecule has 5 rings (SSSR count). The van der Waals surface area contributed by atoms with E-state index < -0.39 is 0 Å². The summed E-state index contributed by atoms with van der Waals surface area (Å²) in [5, 5.41) is 9.90. The Balaban J connectivity index is 1.41. The van der Waals surface area contributed by atoms with E-state index in [9.17, 15) is 4.79 Å². The Morgan fingerprint density at radius 1 is 1.10 bits per heavy atom. The lowest BCUT2D eigenvalue weighted by molar-refractivity contribution is 0.102. The van der Waals surface area contributed by atoms with Gasteiger partial charge in [-0.2, -0.15) is 0 Å². The average Bonchev–Trinajstić information content (AvgIpc) is 3.45. The van der Waals surface area contributed by atoms with Crippen LogP contribution in [0.1, 0.15) is 66.6 Å². The summed E-state index contributed by atoms with van der Waals surface area (Å²) >= 11 is 1.51. The fourth-order valence-electron chi connectivity index (χ4n) is 5.01. The van der Waals surface area contributed by atoms with Crippen molar-refractivity contribution in [1.29, 1.82) is 0 Å². The third kappa shape index (κ3) is 4.18. The number of hydrogen-bond donors (Lipinski definition) is 0. The molecule has 2 aliphatic rings. The van der Waals surface area contributed by atoms with E-state index in [1.165, 1.54) is 48.6 Å². The topological polar surface area (TPSA) is 60.7 Å². The van der Waals surface area contributed by atoms with Gasteiger partial charge in [0.1, 0.15) is 0 Å². The molecule has 0 radical (unpaired) electrons. The Morgan fingerprint density at radius 3 is 2.81 bits per heavy atom. The molecule has 2 atom stereocenters. The highest BCUT2D eigenvalue weighted by atomic mass is 32.2. The van der Waals surface area contributed by atoms with Gasteiger partial charge in [-0.15, -0.1) is 10.2 Å². The number of pyridine rings is 1. The van der Waals surface area contributed by atoms with E-state index in [-0.39, 0.29) is 5.78 Å². The van der Waals surface area contributed by atoms with Crippen LogP contribution in [0.25, 0.3) is 11.4 Å². The van der Waals surface area contributed by atoms with Gasteiger partial charge in [0.05, 0.1) is 5.75 Å². The molecule has 3 aromatic rings. The van der Waals surface area contributed by atoms with Crippen molar-refractivity contribution in [3.8, 4) is 11.4 Å². The fourth-order valence-corrected chi connectivity index (χ4v) is 5.89. The number of rotatable bonds is 6. The van der Waals surface area contributed by atoms with Gasteiger partial charge in [-0.25, -0.2) is 0 Å². The summed E-state index contributed by atoms with van der Waals surface area (Å²) in [5.74, 6) is 1.96. The summed E-state index contributed by atoms with van der Waals surface area (Å²) in [7, 11) is 0. The molecule has 2 aromatic heterocycles. The second kappa shape index (κ2) is 8.95. The van der Waals surface area contributed by atoms with Crippen LogP contribution < -0.4 is 0 Å². The van der Waals surface area contributed by atoms with E-state index in [0.29, 0.717) is 17.7 Å². The van der Waals surface area contributed by atoms with E-state index in [2.05, 4.69) is 38.8 Å². The number of carbonyl (C=O) groups excluding carboxylic acids is 1. The Hall–Kier alpha value is -2.47. The zero-order valence-electron chi connectivity index (χ0n) is 18.0. The summed E-state index contributed by atoms with van der Waals surface area (Å²) < 4.78 is 2.28. The first-order valence-electron chi connectivity index (χ1n) is 11.3. The molecular weight excluding hydrogens is 404 g/mol. The van der Waals surface area contributed by atoms with Crippen molar-refractivity contribution in [1.82, 2.24) is 19.7 Å². The first-order valence-corrected chi connectivity index (χ1v) is 12.3. The van der Waals surface area contributed by atoms with Crippen molar-refractivity contribution >= 4 is 17.5 Å². The Morgan fingerprint density at radius 2 is 1.97 bits per heavy atom. The van der Waals surface area contributed by atoms with Gasteiger partial charge in [-0.05, 0) is 67.3 Å². The minimum atomic E-state index is 0.161. The monoisotopic (exact) mass is 432 g/mol. The third-order valence-electron chi connectivity index (χ3n) is 6.73. The number of nitrogens with zero attached hydrogens (tertiary/aromatic N) is 4. The molecule has 2 aliphatic carbocycles. The maximum absolute atomic E-state index is 13.0. The number of aromatic nitrogens is 4. The number of thioether (sulfide) groups is 1. The first-order chi connectivity index (χ1) is 15.2. The zero-order chi connectivity index (χ0) is 21.2. The number of aryl methyl sites for hydroxylation is 2. The van der Waals surface area contributed by atoms with E-state index in [1.807, 2.05) is 24.4 Å². The van der Waals surface area contributed by atoms with Crippen LogP contribution in [0.3, 0.4) is 0 Å². The number of carbonyl (C=O) groups is 1. The second-order valence-corrected chi connectivity index (χ2v) is 9.74. The number of ketones is 1. The molecule has 1 fully saturated rings. The second-order valence-electron chi connectivity index (χ2n) is 8.80. The van der Waals surface area contributed by atoms with Gasteiger partial charge in [-0.3, -0.25) is 14.3 Å².